The third kappa shape index (κ3) is 5.07. The SMILES string of the molecule is CCOC(=O)N1CCc2c([nH]c3ccc(Cl)cc23)[C@@H]1c1ccc(Oc2ncc(CS(C)(=O)=O)s2)cc1. The van der Waals surface area contributed by atoms with Crippen molar-refractivity contribution in [1.82, 2.24) is 14.9 Å². The second kappa shape index (κ2) is 9.76. The lowest BCUT2D eigenvalue weighted by molar-refractivity contribution is 0.0932. The molecule has 188 valence electrons. The minimum Gasteiger partial charge on any atom is -0.450 e. The van der Waals surface area contributed by atoms with Gasteiger partial charge in [0, 0.05) is 45.5 Å². The minimum absolute atomic E-state index is 0.0730. The Hall–Kier alpha value is -3.08. The molecule has 1 aliphatic heterocycles. The van der Waals surface area contributed by atoms with Gasteiger partial charge in [-0.15, -0.1) is 0 Å². The van der Waals surface area contributed by atoms with Gasteiger partial charge < -0.3 is 14.5 Å². The Kier molecular flexibility index (Phi) is 6.67. The Bertz CT molecular complexity index is 1530. The minimum atomic E-state index is -3.15. The standard InChI is InChI=1S/C25H24ClN3O5S2/c1-3-33-25(30)29-11-10-19-20-12-16(26)6-9-21(20)28-22(19)23(29)15-4-7-17(8-5-15)34-24-27-13-18(35-24)14-36(2,31)32/h4-9,12-13,23,28H,3,10-11,14H2,1-2H3/t23-/m0/s1. The number of halogens is 1. The van der Waals surface area contributed by atoms with Gasteiger partial charge in [-0.3, -0.25) is 4.90 Å². The summed E-state index contributed by atoms with van der Waals surface area (Å²) in [7, 11) is -3.15. The predicted octanol–water partition coefficient (Wildman–Crippen LogP) is 5.72. The van der Waals surface area contributed by atoms with Gasteiger partial charge in [0.2, 0.25) is 0 Å². The van der Waals surface area contributed by atoms with E-state index in [9.17, 15) is 13.2 Å². The van der Waals surface area contributed by atoms with Crippen LogP contribution in [0.15, 0.2) is 48.7 Å². The smallest absolute Gasteiger partial charge is 0.410 e. The first-order valence-electron chi connectivity index (χ1n) is 11.4. The van der Waals surface area contributed by atoms with Crippen LogP contribution in [0.25, 0.3) is 10.9 Å². The molecule has 3 heterocycles. The van der Waals surface area contributed by atoms with Crippen LogP contribution in [0.3, 0.4) is 0 Å². The van der Waals surface area contributed by atoms with Crippen LogP contribution in [0, 0.1) is 0 Å². The first kappa shape index (κ1) is 24.6. The summed E-state index contributed by atoms with van der Waals surface area (Å²) in [5.41, 5.74) is 3.93. The number of fused-ring (bicyclic) bond motifs is 3. The highest BCUT2D eigenvalue weighted by Gasteiger charge is 2.35. The molecular weight excluding hydrogens is 522 g/mol. The predicted molar refractivity (Wildman–Crippen MR) is 140 cm³/mol. The summed E-state index contributed by atoms with van der Waals surface area (Å²) < 4.78 is 34.3. The second-order valence-electron chi connectivity index (χ2n) is 8.59. The van der Waals surface area contributed by atoms with Crippen LogP contribution in [-0.2, 0) is 26.7 Å². The molecular formula is C25H24ClN3O5S2. The molecule has 8 nitrogen and oxygen atoms in total. The lowest BCUT2D eigenvalue weighted by Gasteiger charge is -2.35. The molecule has 0 unspecified atom stereocenters. The van der Waals surface area contributed by atoms with E-state index in [1.165, 1.54) is 23.8 Å². The van der Waals surface area contributed by atoms with Crippen LogP contribution in [0.4, 0.5) is 4.79 Å². The van der Waals surface area contributed by atoms with Crippen molar-refractivity contribution in [3.8, 4) is 10.9 Å². The Morgan fingerprint density at radius 2 is 2.03 bits per heavy atom. The number of nitrogens with one attached hydrogen (secondary N) is 1. The molecule has 2 aromatic heterocycles. The molecule has 0 radical (unpaired) electrons. The van der Waals surface area contributed by atoms with Gasteiger partial charge in [-0.25, -0.2) is 18.2 Å². The van der Waals surface area contributed by atoms with Crippen molar-refractivity contribution in [2.45, 2.75) is 25.1 Å². The van der Waals surface area contributed by atoms with Gasteiger partial charge in [-0.2, -0.15) is 0 Å². The van der Waals surface area contributed by atoms with Gasteiger partial charge in [-0.1, -0.05) is 35.1 Å². The van der Waals surface area contributed by atoms with E-state index in [0.29, 0.717) is 40.4 Å². The number of aromatic nitrogens is 2. The molecule has 2 aromatic carbocycles. The highest BCUT2D eigenvalue weighted by molar-refractivity contribution is 7.90. The van der Waals surface area contributed by atoms with Crippen molar-refractivity contribution < 1.29 is 22.7 Å². The van der Waals surface area contributed by atoms with Crippen LogP contribution < -0.4 is 4.74 Å². The van der Waals surface area contributed by atoms with Gasteiger partial charge in [-0.05, 0) is 54.8 Å². The van der Waals surface area contributed by atoms with E-state index >= 15 is 0 Å². The summed E-state index contributed by atoms with van der Waals surface area (Å²) in [4.78, 5) is 22.9. The largest absolute Gasteiger partial charge is 0.450 e. The molecule has 1 amide bonds. The molecule has 0 saturated carbocycles. The fourth-order valence-corrected chi connectivity index (χ4v) is 6.71. The molecule has 0 bridgehead atoms. The Balaban J connectivity index is 1.46. The summed E-state index contributed by atoms with van der Waals surface area (Å²) in [6.07, 6.45) is 3.01. The quantitative estimate of drug-likeness (QED) is 0.332. The molecule has 0 spiro atoms. The van der Waals surface area contributed by atoms with Crippen LogP contribution in [0.2, 0.25) is 5.02 Å². The van der Waals surface area contributed by atoms with E-state index < -0.39 is 9.84 Å². The number of thiazole rings is 1. The number of benzene rings is 2. The van der Waals surface area contributed by atoms with Crippen molar-refractivity contribution in [3.63, 3.8) is 0 Å². The van der Waals surface area contributed by atoms with Gasteiger partial charge >= 0.3 is 6.09 Å². The fraction of sp³-hybridized carbons (Fsp3) is 0.280. The van der Waals surface area contributed by atoms with Crippen molar-refractivity contribution in [3.05, 3.63) is 75.4 Å². The topological polar surface area (TPSA) is 102 Å². The number of hydrogen-bond acceptors (Lipinski definition) is 7. The number of rotatable bonds is 6. The lowest BCUT2D eigenvalue weighted by Crippen LogP contribution is -2.40. The van der Waals surface area contributed by atoms with Gasteiger partial charge in [0.1, 0.15) is 11.8 Å². The third-order valence-electron chi connectivity index (χ3n) is 5.93. The molecule has 0 fully saturated rings. The van der Waals surface area contributed by atoms with Gasteiger partial charge in [0.25, 0.3) is 5.19 Å². The summed E-state index contributed by atoms with van der Waals surface area (Å²) in [5, 5.41) is 2.08. The summed E-state index contributed by atoms with van der Waals surface area (Å²) in [5.74, 6) is 0.484. The van der Waals surface area contributed by atoms with E-state index in [0.717, 1.165) is 27.7 Å². The number of H-pyrrole nitrogens is 1. The van der Waals surface area contributed by atoms with E-state index in [2.05, 4.69) is 9.97 Å². The average Bonchev–Trinajstić information content (AvgIpc) is 3.41. The van der Waals surface area contributed by atoms with Gasteiger partial charge in [0.15, 0.2) is 9.84 Å². The molecule has 1 aliphatic rings. The van der Waals surface area contributed by atoms with E-state index in [1.54, 1.807) is 11.8 Å². The zero-order chi connectivity index (χ0) is 25.4. The molecule has 11 heteroatoms. The number of amides is 1. The lowest BCUT2D eigenvalue weighted by atomic mass is 9.92. The van der Waals surface area contributed by atoms with E-state index in [4.69, 9.17) is 21.1 Å². The number of sulfone groups is 1. The molecule has 36 heavy (non-hydrogen) atoms. The highest BCUT2D eigenvalue weighted by Crippen LogP contribution is 2.40. The van der Waals surface area contributed by atoms with Crippen LogP contribution >= 0.6 is 22.9 Å². The third-order valence-corrected chi connectivity index (χ3v) is 8.06. The number of carbonyl (C=O) groups is 1. The highest BCUT2D eigenvalue weighted by atomic mass is 35.5. The number of hydrogen-bond donors (Lipinski definition) is 1. The zero-order valence-corrected chi connectivity index (χ0v) is 22.0. The van der Waals surface area contributed by atoms with Crippen LogP contribution in [0.5, 0.6) is 10.9 Å². The van der Waals surface area contributed by atoms with Crippen molar-refractivity contribution in [2.24, 2.45) is 0 Å². The average molecular weight is 546 g/mol. The molecule has 5 rings (SSSR count). The van der Waals surface area contributed by atoms with E-state index in [1.807, 2.05) is 42.5 Å². The van der Waals surface area contributed by atoms with Crippen LogP contribution in [0.1, 0.15) is 34.7 Å². The normalized spacial score (nSPS) is 15.6. The monoisotopic (exact) mass is 545 g/mol. The first-order valence-corrected chi connectivity index (χ1v) is 14.6. The molecule has 1 atom stereocenters. The fourth-order valence-electron chi connectivity index (χ4n) is 4.49. The summed E-state index contributed by atoms with van der Waals surface area (Å²) in [6.45, 7) is 2.59. The molecule has 0 saturated heterocycles. The van der Waals surface area contributed by atoms with Crippen molar-refractivity contribution in [2.75, 3.05) is 19.4 Å². The number of ether oxygens (including phenoxy) is 2. The van der Waals surface area contributed by atoms with E-state index in [-0.39, 0.29) is 17.9 Å². The van der Waals surface area contributed by atoms with Gasteiger partial charge in [0.05, 0.1) is 12.4 Å². The Morgan fingerprint density at radius 3 is 2.75 bits per heavy atom. The van der Waals surface area contributed by atoms with Crippen molar-refractivity contribution >= 4 is 49.8 Å². The maximum absolute atomic E-state index is 12.9. The number of nitrogens with zero attached hydrogens (tertiary/aromatic N) is 2. The summed E-state index contributed by atoms with van der Waals surface area (Å²) >= 11 is 7.46. The van der Waals surface area contributed by atoms with Crippen LogP contribution in [-0.4, -0.2) is 48.8 Å². The molecule has 0 aliphatic carbocycles. The molecule has 4 aromatic rings. The van der Waals surface area contributed by atoms with Crippen molar-refractivity contribution in [1.29, 1.82) is 0 Å². The molecule has 1 N–H and O–H groups in total. The zero-order valence-electron chi connectivity index (χ0n) is 19.7. The maximum Gasteiger partial charge on any atom is 0.410 e. The first-order chi connectivity index (χ1) is 17.2. The number of aromatic amines is 1. The number of carbonyl (C=O) groups excluding carboxylic acids is 1. The summed E-state index contributed by atoms with van der Waals surface area (Å²) in [6, 6.07) is 12.8. The second-order valence-corrected chi connectivity index (χ2v) is 12.2. The Labute approximate surface area is 217 Å². The Morgan fingerprint density at radius 1 is 1.25 bits per heavy atom. The maximum atomic E-state index is 12.9.